The van der Waals surface area contributed by atoms with Crippen LogP contribution >= 0.6 is 35.8 Å². The number of aromatic nitrogens is 2. The molecule has 0 spiro atoms. The van der Waals surface area contributed by atoms with Gasteiger partial charge in [-0.25, -0.2) is 4.98 Å². The molecule has 0 fully saturated rings. The SMILES string of the molecule is COCCOCn1c(Cl)nc2c(S)c(-c3cccc(C)c3)c(Cl)cc21. The van der Waals surface area contributed by atoms with Gasteiger partial charge in [0.05, 0.1) is 23.8 Å². The number of benzene rings is 2. The Morgan fingerprint density at radius 1 is 1.20 bits per heavy atom. The Hall–Kier alpha value is -1.24. The topological polar surface area (TPSA) is 36.3 Å². The van der Waals surface area contributed by atoms with Crippen LogP contribution in [0.3, 0.4) is 0 Å². The van der Waals surface area contributed by atoms with Gasteiger partial charge in [0.2, 0.25) is 5.28 Å². The molecule has 1 heterocycles. The van der Waals surface area contributed by atoms with E-state index in [4.69, 9.17) is 32.7 Å². The van der Waals surface area contributed by atoms with Gasteiger partial charge in [0.25, 0.3) is 0 Å². The number of methoxy groups -OCH3 is 1. The minimum atomic E-state index is 0.270. The van der Waals surface area contributed by atoms with E-state index in [1.165, 1.54) is 0 Å². The van der Waals surface area contributed by atoms with E-state index < -0.39 is 0 Å². The molecular formula is C18H18Cl2N2O2S. The number of aryl methyl sites for hydroxylation is 1. The van der Waals surface area contributed by atoms with Crippen LogP contribution in [0.1, 0.15) is 5.56 Å². The normalized spacial score (nSPS) is 11.4. The van der Waals surface area contributed by atoms with Crippen molar-refractivity contribution in [2.45, 2.75) is 18.6 Å². The Bertz CT molecular complexity index is 912. The molecule has 0 aliphatic rings. The van der Waals surface area contributed by atoms with Crippen molar-refractivity contribution in [2.24, 2.45) is 0 Å². The first kappa shape index (κ1) is 18.5. The Morgan fingerprint density at radius 3 is 2.72 bits per heavy atom. The molecule has 0 amide bonds. The summed E-state index contributed by atoms with van der Waals surface area (Å²) >= 11 is 17.5. The number of hydrogen-bond acceptors (Lipinski definition) is 4. The highest BCUT2D eigenvalue weighted by Crippen LogP contribution is 2.39. The molecule has 0 saturated carbocycles. The molecule has 25 heavy (non-hydrogen) atoms. The van der Waals surface area contributed by atoms with Gasteiger partial charge in [-0.1, -0.05) is 41.4 Å². The van der Waals surface area contributed by atoms with Crippen LogP contribution in [0.25, 0.3) is 22.2 Å². The van der Waals surface area contributed by atoms with Crippen molar-refractivity contribution in [2.75, 3.05) is 20.3 Å². The summed E-state index contributed by atoms with van der Waals surface area (Å²) in [4.78, 5) is 5.14. The smallest absolute Gasteiger partial charge is 0.205 e. The van der Waals surface area contributed by atoms with Gasteiger partial charge >= 0.3 is 0 Å². The lowest BCUT2D eigenvalue weighted by Gasteiger charge is -2.11. The summed E-state index contributed by atoms with van der Waals surface area (Å²) in [5, 5.41) is 0.929. The van der Waals surface area contributed by atoms with E-state index in [1.54, 1.807) is 11.7 Å². The predicted molar refractivity (Wildman–Crippen MR) is 105 cm³/mol. The fourth-order valence-electron chi connectivity index (χ4n) is 2.68. The molecule has 0 saturated heterocycles. The van der Waals surface area contributed by atoms with E-state index in [0.29, 0.717) is 33.9 Å². The van der Waals surface area contributed by atoms with Crippen molar-refractivity contribution in [3.05, 3.63) is 46.2 Å². The summed E-state index contributed by atoms with van der Waals surface area (Å²) in [5.74, 6) is 0. The number of rotatable bonds is 6. The fourth-order valence-corrected chi connectivity index (χ4v) is 3.69. The van der Waals surface area contributed by atoms with E-state index in [9.17, 15) is 0 Å². The molecule has 0 aliphatic heterocycles. The lowest BCUT2D eigenvalue weighted by molar-refractivity contribution is 0.0359. The Kier molecular flexibility index (Phi) is 5.92. The Morgan fingerprint density at radius 2 is 2.00 bits per heavy atom. The first-order valence-corrected chi connectivity index (χ1v) is 8.94. The van der Waals surface area contributed by atoms with E-state index in [1.807, 2.05) is 31.2 Å². The molecule has 1 aromatic heterocycles. The highest BCUT2D eigenvalue weighted by Gasteiger charge is 2.18. The molecule has 0 radical (unpaired) electrons. The van der Waals surface area contributed by atoms with Gasteiger partial charge < -0.3 is 9.47 Å². The van der Waals surface area contributed by atoms with E-state index in [2.05, 4.69) is 23.7 Å². The molecule has 0 aliphatic carbocycles. The Balaban J connectivity index is 2.06. The average molecular weight is 397 g/mol. The minimum absolute atomic E-state index is 0.270. The zero-order chi connectivity index (χ0) is 18.0. The number of hydrogen-bond donors (Lipinski definition) is 1. The molecule has 3 aromatic rings. The maximum absolute atomic E-state index is 6.57. The van der Waals surface area contributed by atoms with Gasteiger partial charge in [-0.2, -0.15) is 0 Å². The highest BCUT2D eigenvalue weighted by molar-refractivity contribution is 7.80. The summed E-state index contributed by atoms with van der Waals surface area (Å²) < 4.78 is 12.3. The first-order chi connectivity index (χ1) is 12.0. The number of imidazole rings is 1. The first-order valence-electron chi connectivity index (χ1n) is 7.74. The van der Waals surface area contributed by atoms with Crippen LogP contribution in [0.4, 0.5) is 0 Å². The standard InChI is InChI=1S/C18H18Cl2N2O2S/c1-11-4-3-5-12(8-11)15-13(19)9-14-16(17(15)25)21-18(20)22(14)10-24-7-6-23-2/h3-5,8-9,25H,6-7,10H2,1-2H3. The fraction of sp³-hybridized carbons (Fsp3) is 0.278. The third-order valence-corrected chi connectivity index (χ3v) is 4.90. The van der Waals surface area contributed by atoms with Crippen molar-refractivity contribution < 1.29 is 9.47 Å². The van der Waals surface area contributed by atoms with E-state index in [-0.39, 0.29) is 6.73 Å². The van der Waals surface area contributed by atoms with Crippen LogP contribution in [-0.4, -0.2) is 29.9 Å². The van der Waals surface area contributed by atoms with Crippen LogP contribution in [0.15, 0.2) is 35.2 Å². The predicted octanol–water partition coefficient (Wildman–Crippen LogP) is 5.23. The van der Waals surface area contributed by atoms with Gasteiger partial charge in [-0.05, 0) is 30.2 Å². The van der Waals surface area contributed by atoms with E-state index in [0.717, 1.165) is 22.2 Å². The minimum Gasteiger partial charge on any atom is -0.382 e. The summed E-state index contributed by atoms with van der Waals surface area (Å²) in [7, 11) is 1.63. The molecule has 2 aromatic carbocycles. The molecule has 4 nitrogen and oxygen atoms in total. The van der Waals surface area contributed by atoms with Crippen LogP contribution in [0, 0.1) is 6.92 Å². The maximum atomic E-state index is 6.57. The zero-order valence-corrected chi connectivity index (χ0v) is 16.3. The summed E-state index contributed by atoms with van der Waals surface area (Å²) in [5.41, 5.74) is 4.48. The molecule has 0 atom stereocenters. The monoisotopic (exact) mass is 396 g/mol. The second-order valence-corrected chi connectivity index (χ2v) is 6.85. The second-order valence-electron chi connectivity index (χ2n) is 5.66. The van der Waals surface area contributed by atoms with Gasteiger partial charge in [0, 0.05) is 17.6 Å². The van der Waals surface area contributed by atoms with Crippen LogP contribution in [-0.2, 0) is 16.2 Å². The number of nitrogens with zero attached hydrogens (tertiary/aromatic N) is 2. The zero-order valence-electron chi connectivity index (χ0n) is 13.9. The maximum Gasteiger partial charge on any atom is 0.205 e. The molecule has 132 valence electrons. The highest BCUT2D eigenvalue weighted by atomic mass is 35.5. The molecule has 0 unspecified atom stereocenters. The van der Waals surface area contributed by atoms with Crippen molar-refractivity contribution in [3.8, 4) is 11.1 Å². The lowest BCUT2D eigenvalue weighted by Crippen LogP contribution is -2.07. The van der Waals surface area contributed by atoms with Crippen molar-refractivity contribution in [1.82, 2.24) is 9.55 Å². The molecule has 0 N–H and O–H groups in total. The molecule has 3 rings (SSSR count). The average Bonchev–Trinajstić information content (AvgIpc) is 2.88. The summed E-state index contributed by atoms with van der Waals surface area (Å²) in [6.07, 6.45) is 0. The lowest BCUT2D eigenvalue weighted by atomic mass is 10.0. The van der Waals surface area contributed by atoms with Crippen molar-refractivity contribution >= 4 is 46.9 Å². The Labute approximate surface area is 162 Å². The molecular weight excluding hydrogens is 379 g/mol. The third kappa shape index (κ3) is 3.81. The number of halogens is 2. The number of thiol groups is 1. The summed E-state index contributed by atoms with van der Waals surface area (Å²) in [6.45, 7) is 3.29. The van der Waals surface area contributed by atoms with Crippen molar-refractivity contribution in [1.29, 1.82) is 0 Å². The van der Waals surface area contributed by atoms with Crippen LogP contribution < -0.4 is 0 Å². The second kappa shape index (κ2) is 7.98. The van der Waals surface area contributed by atoms with Gasteiger partial charge in [0.15, 0.2) is 0 Å². The number of fused-ring (bicyclic) bond motifs is 1. The van der Waals surface area contributed by atoms with Crippen molar-refractivity contribution in [3.63, 3.8) is 0 Å². The quantitative estimate of drug-likeness (QED) is 0.457. The van der Waals surface area contributed by atoms with Gasteiger partial charge in [-0.3, -0.25) is 4.57 Å². The molecule has 0 bridgehead atoms. The van der Waals surface area contributed by atoms with Gasteiger partial charge in [-0.15, -0.1) is 12.6 Å². The number of ether oxygens (including phenoxy) is 2. The van der Waals surface area contributed by atoms with Gasteiger partial charge in [0.1, 0.15) is 12.2 Å². The van der Waals surface area contributed by atoms with Crippen LogP contribution in [0.5, 0.6) is 0 Å². The summed E-state index contributed by atoms with van der Waals surface area (Å²) in [6, 6.07) is 9.96. The third-order valence-electron chi connectivity index (χ3n) is 3.88. The van der Waals surface area contributed by atoms with E-state index >= 15 is 0 Å². The molecule has 7 heteroatoms. The van der Waals surface area contributed by atoms with Crippen LogP contribution in [0.2, 0.25) is 10.3 Å². The largest absolute Gasteiger partial charge is 0.382 e.